The number of alkyl carbamates (subject to hydrolysis) is 1. The monoisotopic (exact) mass is 267 g/mol. The van der Waals surface area contributed by atoms with E-state index in [2.05, 4.69) is 12.2 Å². The van der Waals surface area contributed by atoms with E-state index in [1.54, 1.807) is 32.9 Å². The number of amides is 1. The van der Waals surface area contributed by atoms with Gasteiger partial charge in [0.25, 0.3) is 0 Å². The fourth-order valence-corrected chi connectivity index (χ4v) is 1.69. The number of benzene rings is 1. The van der Waals surface area contributed by atoms with Crippen molar-refractivity contribution in [3.8, 4) is 0 Å². The molecule has 0 aliphatic carbocycles. The molecule has 0 fully saturated rings. The molecule has 4 heteroatoms. The largest absolute Gasteiger partial charge is 0.444 e. The molecule has 1 rings (SSSR count). The van der Waals surface area contributed by atoms with Gasteiger partial charge in [0, 0.05) is 12.1 Å². The van der Waals surface area contributed by atoms with Gasteiger partial charge >= 0.3 is 6.09 Å². The van der Waals surface area contributed by atoms with Gasteiger partial charge in [-0.1, -0.05) is 25.5 Å². The minimum atomic E-state index is -0.549. The van der Waals surface area contributed by atoms with Crippen molar-refractivity contribution in [2.75, 3.05) is 0 Å². The molecule has 1 amide bonds. The summed E-state index contributed by atoms with van der Waals surface area (Å²) in [5.74, 6) is -0.309. The quantitative estimate of drug-likeness (QED) is 0.901. The third kappa shape index (κ3) is 5.73. The second-order valence-electron chi connectivity index (χ2n) is 5.53. The molecule has 0 heterocycles. The first kappa shape index (κ1) is 15.5. The smallest absolute Gasteiger partial charge is 0.407 e. The highest BCUT2D eigenvalue weighted by Crippen LogP contribution is 2.13. The molecule has 3 nitrogen and oxygen atoms in total. The number of hydrogen-bond acceptors (Lipinski definition) is 2. The van der Waals surface area contributed by atoms with Gasteiger partial charge in [0.1, 0.15) is 11.4 Å². The fourth-order valence-electron chi connectivity index (χ4n) is 1.69. The SMILES string of the molecule is CCCc1ccc(F)c(CNC(=O)OC(C)(C)C)c1. The van der Waals surface area contributed by atoms with Crippen LogP contribution in [0.4, 0.5) is 9.18 Å². The van der Waals surface area contributed by atoms with Gasteiger partial charge in [0.15, 0.2) is 0 Å². The third-order valence-corrected chi connectivity index (χ3v) is 2.47. The van der Waals surface area contributed by atoms with Crippen molar-refractivity contribution < 1.29 is 13.9 Å². The lowest BCUT2D eigenvalue weighted by Gasteiger charge is -2.19. The maximum Gasteiger partial charge on any atom is 0.407 e. The summed E-state index contributed by atoms with van der Waals surface area (Å²) in [5.41, 5.74) is 1.01. The van der Waals surface area contributed by atoms with Gasteiger partial charge in [0.05, 0.1) is 0 Å². The molecule has 0 aromatic heterocycles. The molecule has 0 aliphatic rings. The molecule has 1 aromatic carbocycles. The fraction of sp³-hybridized carbons (Fsp3) is 0.533. The number of carbonyl (C=O) groups excluding carboxylic acids is 1. The Balaban J connectivity index is 2.61. The summed E-state index contributed by atoms with van der Waals surface area (Å²) in [6, 6.07) is 5.00. The van der Waals surface area contributed by atoms with Crippen molar-refractivity contribution in [3.63, 3.8) is 0 Å². The predicted molar refractivity (Wildman–Crippen MR) is 73.5 cm³/mol. The molecular weight excluding hydrogens is 245 g/mol. The van der Waals surface area contributed by atoms with E-state index in [1.165, 1.54) is 6.07 Å². The Labute approximate surface area is 114 Å². The van der Waals surface area contributed by atoms with Gasteiger partial charge in [-0.2, -0.15) is 0 Å². The van der Waals surface area contributed by atoms with Gasteiger partial charge in [-0.3, -0.25) is 0 Å². The van der Waals surface area contributed by atoms with E-state index in [1.807, 2.05) is 0 Å². The first-order valence-electron chi connectivity index (χ1n) is 6.56. The zero-order valence-corrected chi connectivity index (χ0v) is 12.0. The van der Waals surface area contributed by atoms with Crippen LogP contribution in [-0.2, 0) is 17.7 Å². The van der Waals surface area contributed by atoms with Crippen LogP contribution in [0.2, 0.25) is 0 Å². The van der Waals surface area contributed by atoms with Crippen molar-refractivity contribution in [1.29, 1.82) is 0 Å². The summed E-state index contributed by atoms with van der Waals surface area (Å²) >= 11 is 0. The normalized spacial score (nSPS) is 11.2. The average molecular weight is 267 g/mol. The van der Waals surface area contributed by atoms with Crippen LogP contribution in [0.1, 0.15) is 45.2 Å². The highest BCUT2D eigenvalue weighted by Gasteiger charge is 2.16. The van der Waals surface area contributed by atoms with Crippen molar-refractivity contribution in [1.82, 2.24) is 5.32 Å². The van der Waals surface area contributed by atoms with Crippen LogP contribution in [0.5, 0.6) is 0 Å². The van der Waals surface area contributed by atoms with E-state index in [9.17, 15) is 9.18 Å². The van der Waals surface area contributed by atoms with E-state index in [0.717, 1.165) is 18.4 Å². The molecule has 0 atom stereocenters. The lowest BCUT2D eigenvalue weighted by atomic mass is 10.1. The van der Waals surface area contributed by atoms with E-state index in [-0.39, 0.29) is 12.4 Å². The molecule has 0 saturated heterocycles. The maximum atomic E-state index is 13.6. The second-order valence-corrected chi connectivity index (χ2v) is 5.53. The standard InChI is InChI=1S/C15H22FNO2/c1-5-6-11-7-8-13(16)12(9-11)10-17-14(18)19-15(2,3)4/h7-9H,5-6,10H2,1-4H3,(H,17,18). The van der Waals surface area contributed by atoms with Crippen molar-refractivity contribution >= 4 is 6.09 Å². The number of aryl methyl sites for hydroxylation is 1. The van der Waals surface area contributed by atoms with Crippen LogP contribution in [0.25, 0.3) is 0 Å². The summed E-state index contributed by atoms with van der Waals surface area (Å²) < 4.78 is 18.7. The number of ether oxygens (including phenoxy) is 1. The number of hydrogen-bond donors (Lipinski definition) is 1. The second kappa shape index (κ2) is 6.55. The number of nitrogens with one attached hydrogen (secondary N) is 1. The van der Waals surface area contributed by atoms with Crippen LogP contribution < -0.4 is 5.32 Å². The molecule has 0 unspecified atom stereocenters. The lowest BCUT2D eigenvalue weighted by Crippen LogP contribution is -2.32. The molecule has 106 valence electrons. The number of carbonyl (C=O) groups is 1. The molecule has 0 aliphatic heterocycles. The van der Waals surface area contributed by atoms with Crippen molar-refractivity contribution in [3.05, 3.63) is 35.1 Å². The predicted octanol–water partition coefficient (Wildman–Crippen LogP) is 3.80. The molecule has 0 spiro atoms. The first-order chi connectivity index (χ1) is 8.81. The summed E-state index contributed by atoms with van der Waals surface area (Å²) in [4.78, 5) is 11.5. The molecule has 0 bridgehead atoms. The Morgan fingerprint density at radius 3 is 2.63 bits per heavy atom. The minimum absolute atomic E-state index is 0.137. The Morgan fingerprint density at radius 1 is 1.37 bits per heavy atom. The average Bonchev–Trinajstić information content (AvgIpc) is 2.28. The molecule has 0 radical (unpaired) electrons. The number of halogens is 1. The van der Waals surface area contributed by atoms with Crippen LogP contribution in [0.15, 0.2) is 18.2 Å². The van der Waals surface area contributed by atoms with Gasteiger partial charge in [-0.25, -0.2) is 9.18 Å². The molecule has 19 heavy (non-hydrogen) atoms. The van der Waals surface area contributed by atoms with Gasteiger partial charge in [-0.15, -0.1) is 0 Å². The van der Waals surface area contributed by atoms with Gasteiger partial charge in [0.2, 0.25) is 0 Å². The Bertz CT molecular complexity index is 438. The molecular formula is C15H22FNO2. The van der Waals surface area contributed by atoms with Gasteiger partial charge < -0.3 is 10.1 Å². The molecule has 1 N–H and O–H groups in total. The van der Waals surface area contributed by atoms with E-state index >= 15 is 0 Å². The van der Waals surface area contributed by atoms with Crippen molar-refractivity contribution in [2.24, 2.45) is 0 Å². The summed E-state index contributed by atoms with van der Waals surface area (Å²) in [7, 11) is 0. The molecule has 1 aromatic rings. The number of rotatable bonds is 4. The van der Waals surface area contributed by atoms with Crippen LogP contribution in [-0.4, -0.2) is 11.7 Å². The summed E-state index contributed by atoms with van der Waals surface area (Å²) in [5, 5.41) is 2.56. The van der Waals surface area contributed by atoms with E-state index in [0.29, 0.717) is 5.56 Å². The summed E-state index contributed by atoms with van der Waals surface area (Å²) in [6.07, 6.45) is 1.37. The maximum absolute atomic E-state index is 13.6. The third-order valence-electron chi connectivity index (χ3n) is 2.47. The Kier molecular flexibility index (Phi) is 5.33. The van der Waals surface area contributed by atoms with E-state index < -0.39 is 11.7 Å². The highest BCUT2D eigenvalue weighted by atomic mass is 19.1. The lowest BCUT2D eigenvalue weighted by molar-refractivity contribution is 0.0523. The molecule has 0 saturated carbocycles. The van der Waals surface area contributed by atoms with Gasteiger partial charge in [-0.05, 0) is 38.8 Å². The van der Waals surface area contributed by atoms with Crippen LogP contribution >= 0.6 is 0 Å². The first-order valence-corrected chi connectivity index (χ1v) is 6.56. The highest BCUT2D eigenvalue weighted by molar-refractivity contribution is 5.67. The minimum Gasteiger partial charge on any atom is -0.444 e. The Morgan fingerprint density at radius 2 is 2.05 bits per heavy atom. The topological polar surface area (TPSA) is 38.3 Å². The van der Waals surface area contributed by atoms with Crippen LogP contribution in [0.3, 0.4) is 0 Å². The Hall–Kier alpha value is -1.58. The zero-order chi connectivity index (χ0) is 14.5. The van der Waals surface area contributed by atoms with Crippen LogP contribution in [0, 0.1) is 5.82 Å². The van der Waals surface area contributed by atoms with E-state index in [4.69, 9.17) is 4.74 Å². The summed E-state index contributed by atoms with van der Waals surface area (Å²) in [6.45, 7) is 7.57. The van der Waals surface area contributed by atoms with Crippen molar-refractivity contribution in [2.45, 2.75) is 52.7 Å². The zero-order valence-electron chi connectivity index (χ0n) is 12.0.